The molecule has 1 aromatic rings. The number of benzene rings is 1. The van der Waals surface area contributed by atoms with Crippen LogP contribution in [0.4, 0.5) is 23.7 Å². The van der Waals surface area contributed by atoms with Crippen molar-refractivity contribution in [1.82, 2.24) is 10.2 Å². The molecule has 1 aromatic carbocycles. The van der Waals surface area contributed by atoms with Crippen LogP contribution in [0.1, 0.15) is 12.5 Å². The molecule has 3 N–H and O–H groups in total. The number of carbonyl (C=O) groups is 2. The summed E-state index contributed by atoms with van der Waals surface area (Å²) in [5.74, 6) is -0.491. The highest BCUT2D eigenvalue weighted by molar-refractivity contribution is 5.96. The number of alkyl halides is 3. The summed E-state index contributed by atoms with van der Waals surface area (Å²) in [6.45, 7) is 3.59. The molecule has 0 spiro atoms. The van der Waals surface area contributed by atoms with E-state index in [9.17, 15) is 22.8 Å². The number of rotatable bonds is 3. The van der Waals surface area contributed by atoms with Gasteiger partial charge in [0.2, 0.25) is 5.91 Å². The minimum atomic E-state index is -4.38. The maximum Gasteiger partial charge on any atom is 0.416 e. The largest absolute Gasteiger partial charge is 0.416 e. The topological polar surface area (TPSA) is 78.7 Å². The zero-order valence-corrected chi connectivity index (χ0v) is 13.1. The molecule has 24 heavy (non-hydrogen) atoms. The monoisotopic (exact) mass is 344 g/mol. The van der Waals surface area contributed by atoms with Crippen LogP contribution < -0.4 is 16.0 Å². The minimum absolute atomic E-state index is 0.482. The lowest BCUT2D eigenvalue weighted by atomic mass is 10.1. The Balaban J connectivity index is 1.98. The Bertz CT molecular complexity index is 613. The van der Waals surface area contributed by atoms with Gasteiger partial charge in [0.1, 0.15) is 0 Å². The Hall–Kier alpha value is -2.29. The maximum atomic E-state index is 12.8. The van der Waals surface area contributed by atoms with Crippen molar-refractivity contribution in [1.29, 1.82) is 0 Å². The first-order chi connectivity index (χ1) is 11.2. The average Bonchev–Trinajstić information content (AvgIpc) is 2.53. The lowest BCUT2D eigenvalue weighted by Gasteiger charge is -2.38. The predicted molar refractivity (Wildman–Crippen MR) is 82.4 cm³/mol. The number of amides is 3. The molecule has 1 saturated heterocycles. The molecule has 0 aromatic heterocycles. The highest BCUT2D eigenvalue weighted by atomic mass is 19.4. The van der Waals surface area contributed by atoms with Crippen molar-refractivity contribution >= 4 is 17.6 Å². The molecular weight excluding hydrogens is 325 g/mol. The van der Waals surface area contributed by atoms with E-state index in [-0.39, 0.29) is 0 Å². The smallest absolute Gasteiger partial charge is 0.369 e. The third-order valence-electron chi connectivity index (χ3n) is 4.03. The summed E-state index contributed by atoms with van der Waals surface area (Å²) in [6.07, 6.45) is -4.38. The average molecular weight is 344 g/mol. The Morgan fingerprint density at radius 2 is 1.83 bits per heavy atom. The molecule has 1 aliphatic rings. The summed E-state index contributed by atoms with van der Waals surface area (Å²) in [6, 6.07) is 3.73. The van der Waals surface area contributed by atoms with Gasteiger partial charge in [-0.05, 0) is 25.1 Å². The Kier molecular flexibility index (Phi) is 5.33. The summed E-state index contributed by atoms with van der Waals surface area (Å²) in [5, 5.41) is 2.03. The second-order valence-corrected chi connectivity index (χ2v) is 5.60. The van der Waals surface area contributed by atoms with Crippen LogP contribution in [0.3, 0.4) is 0 Å². The molecule has 0 aliphatic carbocycles. The van der Waals surface area contributed by atoms with Gasteiger partial charge < -0.3 is 10.6 Å². The number of halogens is 3. The van der Waals surface area contributed by atoms with E-state index in [1.807, 2.05) is 15.1 Å². The summed E-state index contributed by atoms with van der Waals surface area (Å²) < 4.78 is 38.4. The first-order valence-corrected chi connectivity index (χ1v) is 7.45. The fourth-order valence-electron chi connectivity index (χ4n) is 2.64. The molecule has 6 nitrogen and oxygen atoms in total. The normalized spacial score (nSPS) is 17.4. The number of nitrogens with zero attached hydrogens (tertiary/aromatic N) is 2. The second kappa shape index (κ2) is 7.08. The second-order valence-electron chi connectivity index (χ2n) is 5.60. The zero-order valence-electron chi connectivity index (χ0n) is 13.1. The van der Waals surface area contributed by atoms with Crippen LogP contribution in [-0.2, 0) is 11.0 Å². The highest BCUT2D eigenvalue weighted by Crippen LogP contribution is 2.31. The Labute approximate surface area is 137 Å². The fourth-order valence-corrected chi connectivity index (χ4v) is 2.64. The Morgan fingerprint density at radius 3 is 2.38 bits per heavy atom. The number of nitrogens with two attached hydrogens (primary N) is 1. The van der Waals surface area contributed by atoms with Gasteiger partial charge in [0.25, 0.3) is 0 Å². The van der Waals surface area contributed by atoms with Gasteiger partial charge in [0, 0.05) is 31.9 Å². The van der Waals surface area contributed by atoms with E-state index in [4.69, 9.17) is 5.73 Å². The molecule has 0 radical (unpaired) electrons. The fraction of sp³-hybridized carbons (Fsp3) is 0.467. The molecule has 132 valence electrons. The number of hydrogen-bond acceptors (Lipinski definition) is 4. The molecule has 1 unspecified atom stereocenters. The molecule has 1 aliphatic heterocycles. The van der Waals surface area contributed by atoms with Crippen LogP contribution >= 0.6 is 0 Å². The summed E-state index contributed by atoms with van der Waals surface area (Å²) in [7, 11) is 0. The first kappa shape index (κ1) is 18.1. The van der Waals surface area contributed by atoms with Gasteiger partial charge in [-0.25, -0.2) is 4.79 Å². The van der Waals surface area contributed by atoms with Gasteiger partial charge in [-0.2, -0.15) is 13.2 Å². The van der Waals surface area contributed by atoms with Gasteiger partial charge in [-0.15, -0.1) is 0 Å². The standard InChI is InChI=1S/C15H19F3N4O2/c1-10(13(23)20-14(19)24)21-5-7-22(8-6-21)12-4-2-3-11(9-12)15(16,17)18/h2-4,9-10H,5-8H2,1H3,(H3,19,20,23,24). The van der Waals surface area contributed by atoms with Crippen molar-refractivity contribution in [2.45, 2.75) is 19.1 Å². The van der Waals surface area contributed by atoms with E-state index in [1.165, 1.54) is 6.07 Å². The van der Waals surface area contributed by atoms with E-state index >= 15 is 0 Å². The maximum absolute atomic E-state index is 12.8. The molecule has 1 fully saturated rings. The summed E-state index contributed by atoms with van der Waals surface area (Å²) >= 11 is 0. The van der Waals surface area contributed by atoms with Crippen molar-refractivity contribution in [3.05, 3.63) is 29.8 Å². The lowest BCUT2D eigenvalue weighted by Crippen LogP contribution is -2.55. The van der Waals surface area contributed by atoms with Crippen molar-refractivity contribution < 1.29 is 22.8 Å². The van der Waals surface area contributed by atoms with E-state index in [2.05, 4.69) is 0 Å². The van der Waals surface area contributed by atoms with Crippen molar-refractivity contribution in [3.8, 4) is 0 Å². The predicted octanol–water partition coefficient (Wildman–Crippen LogP) is 1.41. The minimum Gasteiger partial charge on any atom is -0.369 e. The number of nitrogens with one attached hydrogen (secondary N) is 1. The van der Waals surface area contributed by atoms with Crippen LogP contribution in [0, 0.1) is 0 Å². The number of primary amides is 1. The number of piperazine rings is 1. The summed E-state index contributed by atoms with van der Waals surface area (Å²) in [5.41, 5.74) is 4.73. The van der Waals surface area contributed by atoms with Gasteiger partial charge in [-0.3, -0.25) is 15.0 Å². The van der Waals surface area contributed by atoms with Gasteiger partial charge in [0.05, 0.1) is 11.6 Å². The van der Waals surface area contributed by atoms with Crippen molar-refractivity contribution in [3.63, 3.8) is 0 Å². The van der Waals surface area contributed by atoms with Crippen LogP contribution in [0.25, 0.3) is 0 Å². The molecule has 0 bridgehead atoms. The van der Waals surface area contributed by atoms with E-state index in [1.54, 1.807) is 13.0 Å². The number of imide groups is 1. The number of hydrogen-bond donors (Lipinski definition) is 2. The van der Waals surface area contributed by atoms with Crippen LogP contribution in [0.15, 0.2) is 24.3 Å². The highest BCUT2D eigenvalue weighted by Gasteiger charge is 2.31. The van der Waals surface area contributed by atoms with Crippen LogP contribution in [0.2, 0.25) is 0 Å². The molecular formula is C15H19F3N4O2. The summed E-state index contributed by atoms with van der Waals surface area (Å²) in [4.78, 5) is 26.2. The van der Waals surface area contributed by atoms with E-state index in [0.29, 0.717) is 31.9 Å². The third-order valence-corrected chi connectivity index (χ3v) is 4.03. The van der Waals surface area contributed by atoms with E-state index in [0.717, 1.165) is 12.1 Å². The van der Waals surface area contributed by atoms with Crippen LogP contribution in [0.5, 0.6) is 0 Å². The molecule has 2 rings (SSSR count). The lowest BCUT2D eigenvalue weighted by molar-refractivity contribution is -0.137. The third kappa shape index (κ3) is 4.38. The number of urea groups is 1. The molecule has 3 amide bonds. The first-order valence-electron chi connectivity index (χ1n) is 7.45. The van der Waals surface area contributed by atoms with Crippen LogP contribution in [-0.4, -0.2) is 49.1 Å². The van der Waals surface area contributed by atoms with Crippen molar-refractivity contribution in [2.24, 2.45) is 5.73 Å². The van der Waals surface area contributed by atoms with Crippen molar-refractivity contribution in [2.75, 3.05) is 31.1 Å². The zero-order chi connectivity index (χ0) is 17.9. The number of anilines is 1. The van der Waals surface area contributed by atoms with Gasteiger partial charge in [0.15, 0.2) is 0 Å². The molecule has 9 heteroatoms. The SMILES string of the molecule is CC(C(=O)NC(N)=O)N1CCN(c2cccc(C(F)(F)F)c2)CC1. The Morgan fingerprint density at radius 1 is 1.21 bits per heavy atom. The quantitative estimate of drug-likeness (QED) is 0.869. The molecule has 0 saturated carbocycles. The van der Waals surface area contributed by atoms with E-state index < -0.39 is 29.7 Å². The number of carbonyl (C=O) groups excluding carboxylic acids is 2. The van der Waals surface area contributed by atoms with Gasteiger partial charge in [-0.1, -0.05) is 6.07 Å². The molecule has 1 heterocycles. The van der Waals surface area contributed by atoms with Gasteiger partial charge >= 0.3 is 12.2 Å². The molecule has 1 atom stereocenters.